The number of benzene rings is 8. The highest BCUT2D eigenvalue weighted by molar-refractivity contribution is 5.64. The monoisotopic (exact) mass is 1020 g/mol. The van der Waals surface area contributed by atoms with E-state index >= 15 is 0 Å². The van der Waals surface area contributed by atoms with Gasteiger partial charge in [0.25, 0.3) is 0 Å². The fraction of sp³-hybridized carbons (Fsp3) is 0.111. The van der Waals surface area contributed by atoms with Gasteiger partial charge < -0.3 is 0 Å². The van der Waals surface area contributed by atoms with Crippen molar-refractivity contribution in [2.45, 2.75) is 60.8 Å². The first-order valence-electron chi connectivity index (χ1n) is 26.2. The van der Waals surface area contributed by atoms with Gasteiger partial charge in [-0.25, -0.2) is 0 Å². The van der Waals surface area contributed by atoms with Crippen LogP contribution < -0.4 is 0 Å². The minimum absolute atomic E-state index is 0.841. The van der Waals surface area contributed by atoms with E-state index in [0.717, 1.165) is 111 Å². The molecule has 0 atom stereocenters. The second-order valence-electron chi connectivity index (χ2n) is 18.3. The van der Waals surface area contributed by atoms with Gasteiger partial charge in [-0.1, -0.05) is 143 Å². The summed E-state index contributed by atoms with van der Waals surface area (Å²) in [5, 5.41) is 0. The maximum absolute atomic E-state index is 3.43. The van der Waals surface area contributed by atoms with Gasteiger partial charge in [0.15, 0.2) is 0 Å². The van der Waals surface area contributed by atoms with Crippen molar-refractivity contribution in [3.63, 3.8) is 0 Å². The minimum atomic E-state index is -0.862. The lowest BCUT2D eigenvalue weighted by molar-refractivity contribution is 0.744. The first kappa shape index (κ1) is 55.7. The number of hydrogen-bond donors (Lipinski definition) is 0. The molecule has 0 aliphatic carbocycles. The van der Waals surface area contributed by atoms with Crippen LogP contribution in [0.25, 0.3) is 0 Å². The Bertz CT molecular complexity index is 3800. The predicted octanol–water partition coefficient (Wildman–Crippen LogP) is 14.6. The molecule has 0 aliphatic rings. The van der Waals surface area contributed by atoms with Gasteiger partial charge in [-0.15, -0.1) is 47.4 Å². The molecule has 0 radical (unpaired) electrons. The molecule has 0 unspecified atom stereocenters. The molecule has 0 bridgehead atoms. The molecule has 0 aliphatic heterocycles. The highest BCUT2D eigenvalue weighted by Gasteiger charge is 2.38. The van der Waals surface area contributed by atoms with Crippen LogP contribution in [-0.4, -0.2) is 0 Å². The van der Waals surface area contributed by atoms with Crippen LogP contribution in [0.5, 0.6) is 0 Å². The van der Waals surface area contributed by atoms with Gasteiger partial charge in [0, 0.05) is 89.0 Å². The summed E-state index contributed by atoms with van der Waals surface area (Å²) in [5.74, 6) is 76.7. The third-order valence-corrected chi connectivity index (χ3v) is 12.6. The Morgan fingerprint density at radius 1 is 0.160 bits per heavy atom. The van der Waals surface area contributed by atoms with Crippen LogP contribution in [0.2, 0.25) is 0 Å². The third kappa shape index (κ3) is 14.5. The molecule has 0 nitrogen and oxygen atoms in total. The minimum Gasteiger partial charge on any atom is -0.101 e. The molecule has 81 heavy (non-hydrogen) atoms. The number of rotatable bonds is 4. The van der Waals surface area contributed by atoms with E-state index in [1.165, 1.54) is 0 Å². The van der Waals surface area contributed by atoms with Gasteiger partial charge in [-0.3, -0.25) is 0 Å². The Labute approximate surface area is 481 Å². The van der Waals surface area contributed by atoms with E-state index in [9.17, 15) is 0 Å². The Kier molecular flexibility index (Phi) is 18.9. The van der Waals surface area contributed by atoms with Crippen molar-refractivity contribution in [1.29, 1.82) is 0 Å². The standard InChI is InChI=1S/C81H52/c1-9-17-65-49-66(18-10-2)54-73(53-65)29-25-61-33-41-77(42-34-61)81(78-43-35-62(36-44-78)26-30-74-55-67(19-11-3)50-68(56-74)20-12-4,79-45-37-63(38-46-79)27-31-75-57-69(21-13-5)51-70(58-75)22-14-6)80-47-39-64(40-48-80)28-32-76-59-71(23-15-7)52-72(60-76)24-16-8/h33-60H,1-8H3. The second-order valence-corrected chi connectivity index (χ2v) is 18.3. The van der Waals surface area contributed by atoms with Crippen molar-refractivity contribution >= 4 is 0 Å². The fourth-order valence-electron chi connectivity index (χ4n) is 9.32. The van der Waals surface area contributed by atoms with E-state index in [0.29, 0.717) is 0 Å². The van der Waals surface area contributed by atoms with E-state index < -0.39 is 5.41 Å². The second kappa shape index (κ2) is 27.5. The van der Waals surface area contributed by atoms with Gasteiger partial charge >= 0.3 is 0 Å². The van der Waals surface area contributed by atoms with E-state index in [2.05, 4.69) is 239 Å². The lowest BCUT2D eigenvalue weighted by Gasteiger charge is -2.37. The molecule has 0 aromatic heterocycles. The zero-order valence-electron chi connectivity index (χ0n) is 46.7. The molecule has 8 rings (SSSR count). The largest absolute Gasteiger partial charge is 0.101 e. The van der Waals surface area contributed by atoms with Crippen molar-refractivity contribution < 1.29 is 0 Å². The Morgan fingerprint density at radius 3 is 0.420 bits per heavy atom. The summed E-state index contributed by atoms with van der Waals surface area (Å²) in [6, 6.07) is 58.2. The summed E-state index contributed by atoms with van der Waals surface area (Å²) < 4.78 is 0. The highest BCUT2D eigenvalue weighted by atomic mass is 14.4. The zero-order chi connectivity index (χ0) is 56.8. The van der Waals surface area contributed by atoms with Crippen molar-refractivity contribution in [1.82, 2.24) is 0 Å². The average molecular weight is 1030 g/mol. The molecule has 0 heteroatoms. The summed E-state index contributed by atoms with van der Waals surface area (Å²) in [7, 11) is 0. The Morgan fingerprint density at radius 2 is 0.284 bits per heavy atom. The molecule has 0 heterocycles. The maximum Gasteiger partial charge on any atom is 0.0701 e. The molecule has 8 aromatic rings. The topological polar surface area (TPSA) is 0 Å². The molecule has 376 valence electrons. The molecule has 0 saturated heterocycles. The summed E-state index contributed by atoms with van der Waals surface area (Å²) >= 11 is 0. The van der Waals surface area contributed by atoms with Crippen LogP contribution >= 0.6 is 0 Å². The molecule has 0 amide bonds. The number of hydrogen-bond acceptors (Lipinski definition) is 0. The van der Waals surface area contributed by atoms with E-state index in [1.54, 1.807) is 0 Å². The van der Waals surface area contributed by atoms with E-state index in [-0.39, 0.29) is 0 Å². The van der Waals surface area contributed by atoms with Crippen LogP contribution in [0, 0.1) is 142 Å². The van der Waals surface area contributed by atoms with Crippen LogP contribution in [0.3, 0.4) is 0 Å². The van der Waals surface area contributed by atoms with Crippen LogP contribution in [0.15, 0.2) is 170 Å². The van der Waals surface area contributed by atoms with E-state index in [4.69, 9.17) is 0 Å². The van der Waals surface area contributed by atoms with Crippen LogP contribution in [0.1, 0.15) is 167 Å². The van der Waals surface area contributed by atoms with Crippen molar-refractivity contribution in [2.75, 3.05) is 0 Å². The Balaban J connectivity index is 1.31. The van der Waals surface area contributed by atoms with Crippen LogP contribution in [0.4, 0.5) is 0 Å². The van der Waals surface area contributed by atoms with Crippen LogP contribution in [-0.2, 0) is 5.41 Å². The third-order valence-electron chi connectivity index (χ3n) is 12.6. The van der Waals surface area contributed by atoms with Crippen molar-refractivity contribution in [2.24, 2.45) is 0 Å². The van der Waals surface area contributed by atoms with E-state index in [1.807, 2.05) is 128 Å². The molecular formula is C81H52. The molecule has 0 spiro atoms. The quantitative estimate of drug-likeness (QED) is 0.122. The van der Waals surface area contributed by atoms with Crippen molar-refractivity contribution in [3.8, 4) is 142 Å². The van der Waals surface area contributed by atoms with Gasteiger partial charge in [0.05, 0.1) is 5.41 Å². The lowest BCUT2D eigenvalue weighted by Crippen LogP contribution is -2.31. The highest BCUT2D eigenvalue weighted by Crippen LogP contribution is 2.45. The summed E-state index contributed by atoms with van der Waals surface area (Å²) in [6.07, 6.45) is 0. The summed E-state index contributed by atoms with van der Waals surface area (Å²) in [5.41, 5.74) is 17.0. The van der Waals surface area contributed by atoms with Crippen molar-refractivity contribution in [3.05, 3.63) is 281 Å². The maximum atomic E-state index is 3.43. The fourth-order valence-corrected chi connectivity index (χ4v) is 9.32. The normalized spacial score (nSPS) is 9.28. The van der Waals surface area contributed by atoms with Gasteiger partial charge in [0.1, 0.15) is 0 Å². The smallest absolute Gasteiger partial charge is 0.0701 e. The molecular weight excluding hydrogens is 973 g/mol. The summed E-state index contributed by atoms with van der Waals surface area (Å²) in [4.78, 5) is 0. The zero-order valence-corrected chi connectivity index (χ0v) is 46.7. The van der Waals surface area contributed by atoms with Gasteiger partial charge in [-0.05, 0) is 199 Å². The first-order chi connectivity index (χ1) is 39.7. The Hall–Kier alpha value is -11.5. The SMILES string of the molecule is CC#Cc1cc(C#CC)cc(C#Cc2ccc(C(c3ccc(C#Cc4cc(C#CC)cc(C#CC)c4)cc3)(c3ccc(C#Cc4cc(C#CC)cc(C#CC)c4)cc3)c3ccc(C#Cc4cc(C#CC)cc(C#CC)c4)cc3)cc2)c1. The molecule has 0 fully saturated rings. The first-order valence-corrected chi connectivity index (χ1v) is 26.2. The molecule has 0 saturated carbocycles. The molecule has 0 N–H and O–H groups in total. The average Bonchev–Trinajstić information content (AvgIpc) is 3.65. The lowest BCUT2D eigenvalue weighted by atomic mass is 9.65. The molecule has 8 aromatic carbocycles. The summed E-state index contributed by atoms with van der Waals surface area (Å²) in [6.45, 7) is 14.6. The van der Waals surface area contributed by atoms with Gasteiger partial charge in [-0.2, -0.15) is 0 Å². The van der Waals surface area contributed by atoms with Gasteiger partial charge in [0.2, 0.25) is 0 Å². The predicted molar refractivity (Wildman–Crippen MR) is 335 cm³/mol.